The highest BCUT2D eigenvalue weighted by Gasteiger charge is 2.27. The Morgan fingerprint density at radius 3 is 2.91 bits per heavy atom. The average Bonchev–Trinajstić information content (AvgIpc) is 2.95. The number of hydrogen-bond acceptors (Lipinski definition) is 4. The molecule has 122 valence electrons. The molecule has 2 aromatic rings. The van der Waals surface area contributed by atoms with Crippen LogP contribution in [0, 0.1) is 5.92 Å². The summed E-state index contributed by atoms with van der Waals surface area (Å²) in [7, 11) is 1.72. The van der Waals surface area contributed by atoms with Crippen LogP contribution in [0.5, 0.6) is 0 Å². The van der Waals surface area contributed by atoms with Crippen LogP contribution in [0.15, 0.2) is 35.4 Å². The zero-order valence-corrected chi connectivity index (χ0v) is 13.2. The molecule has 1 N–H and O–H groups in total. The highest BCUT2D eigenvalue weighted by Crippen LogP contribution is 2.25. The van der Waals surface area contributed by atoms with Crippen LogP contribution < -0.4 is 5.56 Å². The molecule has 6 nitrogen and oxygen atoms in total. The maximum Gasteiger partial charge on any atom is 0.261 e. The van der Waals surface area contributed by atoms with Crippen LogP contribution in [0.1, 0.15) is 19.3 Å². The van der Waals surface area contributed by atoms with Gasteiger partial charge in [-0.25, -0.2) is 4.98 Å². The summed E-state index contributed by atoms with van der Waals surface area (Å²) in [6.07, 6.45) is 3.84. The summed E-state index contributed by atoms with van der Waals surface area (Å²) in [4.78, 5) is 30.6. The number of hydrogen-bond donors (Lipinski definition) is 1. The van der Waals surface area contributed by atoms with Crippen molar-refractivity contribution in [1.29, 1.82) is 0 Å². The molecule has 2 unspecified atom stereocenters. The first-order chi connectivity index (χ1) is 11.1. The van der Waals surface area contributed by atoms with Gasteiger partial charge >= 0.3 is 0 Å². The summed E-state index contributed by atoms with van der Waals surface area (Å²) in [5.74, 6) is -0.0151. The van der Waals surface area contributed by atoms with E-state index in [0.29, 0.717) is 17.4 Å². The van der Waals surface area contributed by atoms with Crippen LogP contribution in [0.4, 0.5) is 0 Å². The fraction of sp³-hybridized carbons (Fsp3) is 0.471. The van der Waals surface area contributed by atoms with Gasteiger partial charge in [-0.3, -0.25) is 14.2 Å². The van der Waals surface area contributed by atoms with Crippen LogP contribution in [-0.4, -0.2) is 45.2 Å². The van der Waals surface area contributed by atoms with Gasteiger partial charge in [0.25, 0.3) is 5.56 Å². The van der Waals surface area contributed by atoms with Crippen LogP contribution in [0.2, 0.25) is 0 Å². The Labute approximate surface area is 134 Å². The Hall–Kier alpha value is -2.21. The number of likely N-dealkylation sites (N-methyl/N-ethyl adjacent to an activating group) is 1. The first kappa shape index (κ1) is 15.7. The molecule has 1 aromatic carbocycles. The Kier molecular flexibility index (Phi) is 4.43. The molecule has 1 saturated carbocycles. The number of carbonyl (C=O) groups is 1. The lowest BCUT2D eigenvalue weighted by atomic mass is 10.1. The van der Waals surface area contributed by atoms with Gasteiger partial charge in [-0.1, -0.05) is 18.6 Å². The number of aromatic nitrogens is 2. The Morgan fingerprint density at radius 2 is 2.17 bits per heavy atom. The van der Waals surface area contributed by atoms with Crippen molar-refractivity contribution in [3.63, 3.8) is 0 Å². The summed E-state index contributed by atoms with van der Waals surface area (Å²) in [5.41, 5.74) is 0.418. The lowest BCUT2D eigenvalue weighted by Gasteiger charge is -2.23. The summed E-state index contributed by atoms with van der Waals surface area (Å²) in [6.45, 7) is 0.492. The number of rotatable bonds is 4. The molecule has 0 aliphatic heterocycles. The van der Waals surface area contributed by atoms with Crippen molar-refractivity contribution in [3.05, 3.63) is 40.9 Å². The van der Waals surface area contributed by atoms with E-state index in [1.54, 1.807) is 30.1 Å². The van der Waals surface area contributed by atoms with Crippen LogP contribution >= 0.6 is 0 Å². The van der Waals surface area contributed by atoms with Gasteiger partial charge in [-0.05, 0) is 25.0 Å². The number of aliphatic hydroxyl groups is 1. The Balaban J connectivity index is 1.72. The molecule has 0 saturated heterocycles. The molecule has 0 bridgehead atoms. The van der Waals surface area contributed by atoms with Crippen LogP contribution in [-0.2, 0) is 11.3 Å². The fourth-order valence-corrected chi connectivity index (χ4v) is 3.17. The van der Waals surface area contributed by atoms with Gasteiger partial charge in [-0.15, -0.1) is 0 Å². The van der Waals surface area contributed by atoms with E-state index in [4.69, 9.17) is 0 Å². The SMILES string of the molecule is CN(CC1CCCC1O)C(=O)Cn1cnc2ccccc2c1=O. The van der Waals surface area contributed by atoms with Gasteiger partial charge in [0.05, 0.1) is 23.3 Å². The number of para-hydroxylation sites is 1. The van der Waals surface area contributed by atoms with E-state index in [1.165, 1.54) is 10.9 Å². The number of benzene rings is 1. The third-order valence-corrected chi connectivity index (χ3v) is 4.59. The predicted molar refractivity (Wildman–Crippen MR) is 87.0 cm³/mol. The molecule has 1 aromatic heterocycles. The smallest absolute Gasteiger partial charge is 0.261 e. The molecule has 1 aliphatic rings. The zero-order valence-electron chi connectivity index (χ0n) is 13.2. The number of carbonyl (C=O) groups excluding carboxylic acids is 1. The second-order valence-corrected chi connectivity index (χ2v) is 6.23. The van der Waals surface area contributed by atoms with E-state index >= 15 is 0 Å². The number of aliphatic hydroxyl groups excluding tert-OH is 1. The summed E-state index contributed by atoms with van der Waals surface area (Å²) in [5, 5.41) is 10.4. The standard InChI is InChI=1S/C17H21N3O3/c1-19(9-12-5-4-8-15(12)21)16(22)10-20-11-18-14-7-3-2-6-13(14)17(20)23/h2-3,6-7,11-12,15,21H,4-5,8-10H2,1H3. The predicted octanol–water partition coefficient (Wildman–Crippen LogP) is 1.02. The van der Waals surface area contributed by atoms with Crippen molar-refractivity contribution >= 4 is 16.8 Å². The normalized spacial score (nSPS) is 20.8. The summed E-state index contributed by atoms with van der Waals surface area (Å²) < 4.78 is 1.34. The molecule has 23 heavy (non-hydrogen) atoms. The summed E-state index contributed by atoms with van der Waals surface area (Å²) >= 11 is 0. The van der Waals surface area contributed by atoms with Gasteiger partial charge in [0.15, 0.2) is 0 Å². The van der Waals surface area contributed by atoms with Gasteiger partial charge in [0.1, 0.15) is 6.54 Å². The Morgan fingerprint density at radius 1 is 1.39 bits per heavy atom. The van der Waals surface area contributed by atoms with Crippen molar-refractivity contribution in [2.75, 3.05) is 13.6 Å². The maximum absolute atomic E-state index is 12.4. The van der Waals surface area contributed by atoms with E-state index in [0.717, 1.165) is 19.3 Å². The molecule has 1 heterocycles. The van der Waals surface area contributed by atoms with E-state index in [2.05, 4.69) is 4.98 Å². The number of nitrogens with zero attached hydrogens (tertiary/aromatic N) is 3. The lowest BCUT2D eigenvalue weighted by Crippen LogP contribution is -2.38. The first-order valence-corrected chi connectivity index (χ1v) is 7.92. The van der Waals surface area contributed by atoms with Crippen LogP contribution in [0.3, 0.4) is 0 Å². The topological polar surface area (TPSA) is 75.4 Å². The minimum Gasteiger partial charge on any atom is -0.393 e. The second-order valence-electron chi connectivity index (χ2n) is 6.23. The third kappa shape index (κ3) is 3.27. The molecule has 0 spiro atoms. The first-order valence-electron chi connectivity index (χ1n) is 7.92. The second kappa shape index (κ2) is 6.50. The molecular formula is C17H21N3O3. The largest absolute Gasteiger partial charge is 0.393 e. The Bertz CT molecular complexity index is 771. The molecule has 1 amide bonds. The van der Waals surface area contributed by atoms with Crippen LogP contribution in [0.25, 0.3) is 10.9 Å². The van der Waals surface area contributed by atoms with Gasteiger partial charge in [0, 0.05) is 19.5 Å². The van der Waals surface area contributed by atoms with E-state index in [9.17, 15) is 14.7 Å². The number of amides is 1. The maximum atomic E-state index is 12.4. The molecule has 1 aliphatic carbocycles. The summed E-state index contributed by atoms with van der Waals surface area (Å²) in [6, 6.07) is 7.09. The third-order valence-electron chi connectivity index (χ3n) is 4.59. The molecule has 6 heteroatoms. The van der Waals surface area contributed by atoms with Crippen molar-refractivity contribution in [3.8, 4) is 0 Å². The lowest BCUT2D eigenvalue weighted by molar-refractivity contribution is -0.131. The van der Waals surface area contributed by atoms with Crippen molar-refractivity contribution in [2.45, 2.75) is 31.9 Å². The van der Waals surface area contributed by atoms with Crippen molar-refractivity contribution < 1.29 is 9.90 Å². The van der Waals surface area contributed by atoms with E-state index in [-0.39, 0.29) is 30.0 Å². The monoisotopic (exact) mass is 315 g/mol. The fourth-order valence-electron chi connectivity index (χ4n) is 3.17. The van der Waals surface area contributed by atoms with Gasteiger partial charge in [-0.2, -0.15) is 0 Å². The van der Waals surface area contributed by atoms with Gasteiger partial charge < -0.3 is 10.0 Å². The molecule has 1 fully saturated rings. The van der Waals surface area contributed by atoms with Gasteiger partial charge in [0.2, 0.25) is 5.91 Å². The highest BCUT2D eigenvalue weighted by molar-refractivity contribution is 5.78. The molecule has 2 atom stereocenters. The molecule has 0 radical (unpaired) electrons. The van der Waals surface area contributed by atoms with Crippen molar-refractivity contribution in [1.82, 2.24) is 14.5 Å². The quantitative estimate of drug-likeness (QED) is 0.914. The molecule has 3 rings (SSSR count). The van der Waals surface area contributed by atoms with Crippen molar-refractivity contribution in [2.24, 2.45) is 5.92 Å². The van der Waals surface area contributed by atoms with E-state index in [1.807, 2.05) is 6.07 Å². The molecular weight excluding hydrogens is 294 g/mol. The minimum absolute atomic E-state index is 0.0318. The average molecular weight is 315 g/mol. The zero-order chi connectivity index (χ0) is 16.4. The highest BCUT2D eigenvalue weighted by atomic mass is 16.3. The number of fused-ring (bicyclic) bond motifs is 1. The minimum atomic E-state index is -0.324. The van der Waals surface area contributed by atoms with E-state index < -0.39 is 0 Å².